The predicted molar refractivity (Wildman–Crippen MR) is 66.3 cm³/mol. The van der Waals surface area contributed by atoms with Gasteiger partial charge in [0.2, 0.25) is 0 Å². The maximum absolute atomic E-state index is 5.52. The van der Waals surface area contributed by atoms with Crippen LogP contribution in [0.3, 0.4) is 0 Å². The van der Waals surface area contributed by atoms with Crippen LogP contribution in [0.15, 0.2) is 22.7 Å². The van der Waals surface area contributed by atoms with Crippen LogP contribution in [0.2, 0.25) is 0 Å². The number of anilines is 1. The molecule has 0 saturated carbocycles. The third kappa shape index (κ3) is 2.52. The molecule has 1 aliphatic heterocycles. The van der Waals surface area contributed by atoms with Crippen LogP contribution in [0.4, 0.5) is 5.69 Å². The minimum Gasteiger partial charge on any atom is -0.380 e. The van der Waals surface area contributed by atoms with Crippen LogP contribution < -0.4 is 5.32 Å². The quantitative estimate of drug-likeness (QED) is 0.889. The van der Waals surface area contributed by atoms with Crippen LogP contribution in [0.25, 0.3) is 0 Å². The summed E-state index contributed by atoms with van der Waals surface area (Å²) in [5.41, 5.74) is 2.42. The summed E-state index contributed by atoms with van der Waals surface area (Å²) in [6.07, 6.45) is 1.40. The van der Waals surface area contributed by atoms with Gasteiger partial charge < -0.3 is 10.1 Å². The second kappa shape index (κ2) is 4.54. The van der Waals surface area contributed by atoms with Crippen LogP contribution in [0.1, 0.15) is 18.9 Å². The summed E-state index contributed by atoms with van der Waals surface area (Å²) >= 11 is 3.54. The molecule has 1 aromatic rings. The summed E-state index contributed by atoms with van der Waals surface area (Å²) in [6, 6.07) is 6.80. The number of aryl methyl sites for hydroxylation is 1. The van der Waals surface area contributed by atoms with Gasteiger partial charge in [0, 0.05) is 16.8 Å². The van der Waals surface area contributed by atoms with E-state index in [2.05, 4.69) is 53.3 Å². The van der Waals surface area contributed by atoms with Gasteiger partial charge in [-0.05, 0) is 38.0 Å². The molecule has 0 unspecified atom stereocenters. The summed E-state index contributed by atoms with van der Waals surface area (Å²) < 4.78 is 6.67. The van der Waals surface area contributed by atoms with Crippen molar-refractivity contribution in [2.45, 2.75) is 32.4 Å². The van der Waals surface area contributed by atoms with Crippen molar-refractivity contribution in [3.63, 3.8) is 0 Å². The Balaban J connectivity index is 2.07. The molecule has 0 radical (unpaired) electrons. The Bertz CT molecular complexity index is 353. The number of rotatable bonds is 2. The highest BCUT2D eigenvalue weighted by Crippen LogP contribution is 2.23. The molecule has 2 rings (SSSR count). The van der Waals surface area contributed by atoms with Crippen molar-refractivity contribution in [3.05, 3.63) is 28.2 Å². The molecule has 15 heavy (non-hydrogen) atoms. The molecule has 0 aliphatic carbocycles. The highest BCUT2D eigenvalue weighted by molar-refractivity contribution is 9.10. The van der Waals surface area contributed by atoms with E-state index in [1.54, 1.807) is 0 Å². The Morgan fingerprint density at radius 3 is 2.87 bits per heavy atom. The molecule has 1 N–H and O–H groups in total. The molecule has 1 aromatic carbocycles. The van der Waals surface area contributed by atoms with Crippen LogP contribution in [0.5, 0.6) is 0 Å². The number of ether oxygens (including phenoxy) is 1. The number of hydrogen-bond donors (Lipinski definition) is 1. The van der Waals surface area contributed by atoms with Gasteiger partial charge in [-0.3, -0.25) is 0 Å². The molecule has 82 valence electrons. The van der Waals surface area contributed by atoms with Gasteiger partial charge in [0.15, 0.2) is 0 Å². The van der Waals surface area contributed by atoms with Crippen molar-refractivity contribution in [3.8, 4) is 0 Å². The van der Waals surface area contributed by atoms with Crippen molar-refractivity contribution in [2.75, 3.05) is 11.9 Å². The average Bonchev–Trinajstić information content (AvgIpc) is 2.59. The maximum Gasteiger partial charge on any atom is 0.0748 e. The lowest BCUT2D eigenvalue weighted by Gasteiger charge is -2.17. The first-order valence-electron chi connectivity index (χ1n) is 5.31. The van der Waals surface area contributed by atoms with E-state index in [9.17, 15) is 0 Å². The van der Waals surface area contributed by atoms with Crippen molar-refractivity contribution >= 4 is 21.6 Å². The summed E-state index contributed by atoms with van der Waals surface area (Å²) in [5, 5.41) is 3.50. The Morgan fingerprint density at radius 2 is 2.27 bits per heavy atom. The van der Waals surface area contributed by atoms with Crippen molar-refractivity contribution in [1.29, 1.82) is 0 Å². The number of benzene rings is 1. The highest BCUT2D eigenvalue weighted by atomic mass is 79.9. The first-order valence-corrected chi connectivity index (χ1v) is 6.10. The maximum atomic E-state index is 5.52. The third-order valence-corrected chi connectivity index (χ3v) is 3.75. The lowest BCUT2D eigenvalue weighted by molar-refractivity contribution is 0.121. The number of nitrogens with one attached hydrogen (secondary N) is 1. The fourth-order valence-electron chi connectivity index (χ4n) is 1.82. The number of hydrogen-bond acceptors (Lipinski definition) is 2. The average molecular weight is 270 g/mol. The van der Waals surface area contributed by atoms with Gasteiger partial charge in [-0.1, -0.05) is 22.0 Å². The minimum absolute atomic E-state index is 0.310. The Morgan fingerprint density at radius 1 is 1.47 bits per heavy atom. The van der Waals surface area contributed by atoms with Gasteiger partial charge in [-0.2, -0.15) is 0 Å². The van der Waals surface area contributed by atoms with Crippen LogP contribution in [-0.2, 0) is 4.74 Å². The fourth-order valence-corrected chi connectivity index (χ4v) is 2.20. The molecule has 2 nitrogen and oxygen atoms in total. The van der Waals surface area contributed by atoms with Gasteiger partial charge >= 0.3 is 0 Å². The molecule has 0 bridgehead atoms. The standard InChI is InChI=1S/C12H16BrNO/c1-8-3-4-10(7-11(8)13)14-12-5-6-15-9(12)2/h3-4,7,9,12,14H,5-6H2,1-2H3/t9-,12-/m1/s1. The Labute approximate surface area is 99.1 Å². The summed E-state index contributed by atoms with van der Waals surface area (Å²) in [7, 11) is 0. The zero-order valence-electron chi connectivity index (χ0n) is 9.09. The first kappa shape index (κ1) is 11.0. The van der Waals surface area contributed by atoms with Gasteiger partial charge in [0.05, 0.1) is 12.1 Å². The van der Waals surface area contributed by atoms with Gasteiger partial charge in [0.1, 0.15) is 0 Å². The van der Waals surface area contributed by atoms with E-state index in [1.165, 1.54) is 5.56 Å². The summed E-state index contributed by atoms with van der Waals surface area (Å²) in [4.78, 5) is 0. The first-order chi connectivity index (χ1) is 7.16. The van der Waals surface area contributed by atoms with Crippen molar-refractivity contribution < 1.29 is 4.74 Å². The molecule has 1 fully saturated rings. The molecular weight excluding hydrogens is 254 g/mol. The normalized spacial score (nSPS) is 25.5. The number of halogens is 1. The Kier molecular flexibility index (Phi) is 3.32. The molecule has 0 aromatic heterocycles. The topological polar surface area (TPSA) is 21.3 Å². The minimum atomic E-state index is 0.310. The molecule has 0 amide bonds. The van der Waals surface area contributed by atoms with E-state index in [0.29, 0.717) is 12.1 Å². The molecule has 0 spiro atoms. The highest BCUT2D eigenvalue weighted by Gasteiger charge is 2.23. The largest absolute Gasteiger partial charge is 0.380 e. The van der Waals surface area contributed by atoms with E-state index in [4.69, 9.17) is 4.74 Å². The molecule has 1 heterocycles. The molecule has 2 atom stereocenters. The van der Waals surface area contributed by atoms with E-state index >= 15 is 0 Å². The molecule has 1 saturated heterocycles. The van der Waals surface area contributed by atoms with E-state index in [0.717, 1.165) is 23.2 Å². The van der Waals surface area contributed by atoms with Gasteiger partial charge in [-0.15, -0.1) is 0 Å². The summed E-state index contributed by atoms with van der Waals surface area (Å²) in [5.74, 6) is 0. The third-order valence-electron chi connectivity index (χ3n) is 2.90. The zero-order valence-corrected chi connectivity index (χ0v) is 10.7. The predicted octanol–water partition coefficient (Wildman–Crippen LogP) is 3.35. The van der Waals surface area contributed by atoms with Crippen LogP contribution in [-0.4, -0.2) is 18.8 Å². The van der Waals surface area contributed by atoms with Crippen molar-refractivity contribution in [1.82, 2.24) is 0 Å². The SMILES string of the molecule is Cc1ccc(N[C@@H]2CCO[C@@H]2C)cc1Br. The van der Waals surface area contributed by atoms with E-state index < -0.39 is 0 Å². The summed E-state index contributed by atoms with van der Waals surface area (Å²) in [6.45, 7) is 5.08. The zero-order chi connectivity index (χ0) is 10.8. The van der Waals surface area contributed by atoms with E-state index in [-0.39, 0.29) is 0 Å². The second-order valence-corrected chi connectivity index (χ2v) is 4.93. The fraction of sp³-hybridized carbons (Fsp3) is 0.500. The molecule has 3 heteroatoms. The van der Waals surface area contributed by atoms with E-state index in [1.807, 2.05) is 0 Å². The lowest BCUT2D eigenvalue weighted by atomic mass is 10.1. The Hall–Kier alpha value is -0.540. The van der Waals surface area contributed by atoms with Gasteiger partial charge in [0.25, 0.3) is 0 Å². The lowest BCUT2D eigenvalue weighted by Crippen LogP contribution is -2.26. The molecular formula is C12H16BrNO. The second-order valence-electron chi connectivity index (χ2n) is 4.08. The van der Waals surface area contributed by atoms with Crippen molar-refractivity contribution in [2.24, 2.45) is 0 Å². The smallest absolute Gasteiger partial charge is 0.0748 e. The van der Waals surface area contributed by atoms with Gasteiger partial charge in [-0.25, -0.2) is 0 Å². The molecule has 1 aliphatic rings. The monoisotopic (exact) mass is 269 g/mol. The van der Waals surface area contributed by atoms with Crippen LogP contribution in [0, 0.1) is 6.92 Å². The van der Waals surface area contributed by atoms with Crippen LogP contribution >= 0.6 is 15.9 Å².